The lowest BCUT2D eigenvalue weighted by Crippen LogP contribution is -2.52. The van der Waals surface area contributed by atoms with Crippen LogP contribution in [0.2, 0.25) is 0 Å². The topological polar surface area (TPSA) is 46.2 Å². The third kappa shape index (κ3) is 2.29. The van der Waals surface area contributed by atoms with Crippen LogP contribution < -0.4 is 5.32 Å². The number of amides is 2. The van der Waals surface area contributed by atoms with E-state index in [0.717, 1.165) is 29.9 Å². The Hall–Kier alpha value is -1.29. The van der Waals surface area contributed by atoms with Crippen molar-refractivity contribution in [3.63, 3.8) is 0 Å². The number of hydrogen-bond acceptors (Lipinski definition) is 3. The van der Waals surface area contributed by atoms with Crippen LogP contribution in [0.4, 0.5) is 0 Å². The first-order valence-corrected chi connectivity index (χ1v) is 7.83. The van der Waals surface area contributed by atoms with E-state index in [1.807, 2.05) is 42.1 Å². The van der Waals surface area contributed by atoms with Gasteiger partial charge in [-0.25, -0.2) is 0 Å². The Bertz CT molecular complexity index is 494. The van der Waals surface area contributed by atoms with Crippen LogP contribution in [0.1, 0.15) is 30.7 Å². The van der Waals surface area contributed by atoms with E-state index in [-0.39, 0.29) is 23.1 Å². The van der Waals surface area contributed by atoms with Gasteiger partial charge in [0.2, 0.25) is 11.8 Å². The second-order valence-electron chi connectivity index (χ2n) is 5.45. The van der Waals surface area contributed by atoms with E-state index in [2.05, 4.69) is 5.32 Å². The molecule has 0 radical (unpaired) electrons. The minimum Gasteiger partial charge on any atom is -0.296 e. The quantitative estimate of drug-likeness (QED) is 0.800. The van der Waals surface area contributed by atoms with Gasteiger partial charge in [0.05, 0.1) is 5.92 Å². The summed E-state index contributed by atoms with van der Waals surface area (Å²) in [4.78, 5) is 24.1. The van der Waals surface area contributed by atoms with Crippen LogP contribution in [0.5, 0.6) is 0 Å². The summed E-state index contributed by atoms with van der Waals surface area (Å²) in [5, 5.41) is 2.51. The Labute approximate surface area is 117 Å². The molecule has 1 spiro atoms. The van der Waals surface area contributed by atoms with E-state index < -0.39 is 0 Å². The van der Waals surface area contributed by atoms with E-state index in [4.69, 9.17) is 0 Å². The van der Waals surface area contributed by atoms with Crippen LogP contribution in [0.25, 0.3) is 0 Å². The molecule has 2 atom stereocenters. The maximum absolute atomic E-state index is 12.3. The summed E-state index contributed by atoms with van der Waals surface area (Å²) < 4.78 is 0. The molecule has 1 aromatic carbocycles. The molecule has 3 nitrogen and oxygen atoms in total. The normalized spacial score (nSPS) is 31.3. The molecule has 1 N–H and O–H groups in total. The van der Waals surface area contributed by atoms with Crippen molar-refractivity contribution in [2.75, 3.05) is 11.5 Å². The monoisotopic (exact) mass is 275 g/mol. The highest BCUT2D eigenvalue weighted by atomic mass is 32.2. The summed E-state index contributed by atoms with van der Waals surface area (Å²) in [5.41, 5.74) is 0.860. The molecule has 19 heavy (non-hydrogen) atoms. The van der Waals surface area contributed by atoms with Crippen molar-refractivity contribution in [3.8, 4) is 0 Å². The van der Waals surface area contributed by atoms with E-state index in [9.17, 15) is 9.59 Å². The van der Waals surface area contributed by atoms with Crippen molar-refractivity contribution < 1.29 is 9.59 Å². The molecule has 2 saturated heterocycles. The average Bonchev–Trinajstić information content (AvgIpc) is 2.39. The second kappa shape index (κ2) is 5.00. The Morgan fingerprint density at radius 1 is 1.21 bits per heavy atom. The molecule has 1 aromatic rings. The van der Waals surface area contributed by atoms with E-state index in [1.54, 1.807) is 0 Å². The summed E-state index contributed by atoms with van der Waals surface area (Å²) in [6, 6.07) is 9.88. The van der Waals surface area contributed by atoms with Crippen molar-refractivity contribution in [2.45, 2.75) is 25.2 Å². The maximum Gasteiger partial charge on any atom is 0.234 e. The molecule has 2 amide bonds. The fourth-order valence-corrected chi connectivity index (χ4v) is 4.66. The number of rotatable bonds is 1. The molecule has 2 aliphatic heterocycles. The number of benzene rings is 1. The van der Waals surface area contributed by atoms with Gasteiger partial charge in [0.25, 0.3) is 0 Å². The van der Waals surface area contributed by atoms with Crippen molar-refractivity contribution in [1.29, 1.82) is 0 Å². The van der Waals surface area contributed by atoms with Crippen LogP contribution in [-0.4, -0.2) is 23.3 Å². The molecule has 2 heterocycles. The minimum absolute atomic E-state index is 0.111. The fourth-order valence-electron chi connectivity index (χ4n) is 3.35. The molecular weight excluding hydrogens is 258 g/mol. The Balaban J connectivity index is 2.01. The zero-order valence-corrected chi connectivity index (χ0v) is 11.5. The molecule has 0 bridgehead atoms. The van der Waals surface area contributed by atoms with Gasteiger partial charge >= 0.3 is 0 Å². The van der Waals surface area contributed by atoms with Gasteiger partial charge in [-0.2, -0.15) is 11.8 Å². The van der Waals surface area contributed by atoms with Crippen LogP contribution in [0.15, 0.2) is 30.3 Å². The number of imide groups is 1. The summed E-state index contributed by atoms with van der Waals surface area (Å²) in [6.45, 7) is 0. The third-order valence-electron chi connectivity index (χ3n) is 4.14. The summed E-state index contributed by atoms with van der Waals surface area (Å²) in [5.74, 6) is 1.63. The van der Waals surface area contributed by atoms with Gasteiger partial charge in [0.15, 0.2) is 0 Å². The Morgan fingerprint density at radius 2 is 2.00 bits per heavy atom. The molecule has 0 aromatic heterocycles. The zero-order valence-electron chi connectivity index (χ0n) is 10.7. The lowest BCUT2D eigenvalue weighted by Gasteiger charge is -2.45. The van der Waals surface area contributed by atoms with Crippen LogP contribution in [0, 0.1) is 5.41 Å². The second-order valence-corrected chi connectivity index (χ2v) is 6.56. The summed E-state index contributed by atoms with van der Waals surface area (Å²) in [7, 11) is 0. The largest absolute Gasteiger partial charge is 0.296 e. The average molecular weight is 275 g/mol. The van der Waals surface area contributed by atoms with E-state index >= 15 is 0 Å². The van der Waals surface area contributed by atoms with Crippen molar-refractivity contribution >= 4 is 23.6 Å². The summed E-state index contributed by atoms with van der Waals surface area (Å²) >= 11 is 1.87. The van der Waals surface area contributed by atoms with Gasteiger partial charge in [-0.1, -0.05) is 30.3 Å². The Kier molecular flexibility index (Phi) is 3.35. The summed E-state index contributed by atoms with van der Waals surface area (Å²) in [6.07, 6.45) is 2.54. The van der Waals surface area contributed by atoms with Crippen LogP contribution in [0.3, 0.4) is 0 Å². The SMILES string of the molecule is O=C1CC2(CCCSC2)C(c2ccccc2)C(=O)N1. The maximum atomic E-state index is 12.3. The molecule has 4 heteroatoms. The van der Waals surface area contributed by atoms with E-state index in [0.29, 0.717) is 6.42 Å². The van der Waals surface area contributed by atoms with Crippen LogP contribution >= 0.6 is 11.8 Å². The molecule has 3 rings (SSSR count). The number of nitrogens with one attached hydrogen (secondary N) is 1. The van der Waals surface area contributed by atoms with Crippen LogP contribution in [-0.2, 0) is 9.59 Å². The first-order valence-electron chi connectivity index (χ1n) is 6.68. The number of piperidine rings is 1. The number of carbonyl (C=O) groups is 2. The molecule has 100 valence electrons. The predicted molar refractivity (Wildman–Crippen MR) is 75.9 cm³/mol. The lowest BCUT2D eigenvalue weighted by atomic mass is 9.66. The third-order valence-corrected chi connectivity index (χ3v) is 5.49. The first kappa shape index (κ1) is 12.7. The molecule has 2 aliphatic rings. The smallest absolute Gasteiger partial charge is 0.234 e. The van der Waals surface area contributed by atoms with Gasteiger partial charge in [-0.3, -0.25) is 14.9 Å². The highest BCUT2D eigenvalue weighted by Gasteiger charge is 2.49. The molecule has 2 fully saturated rings. The van der Waals surface area contributed by atoms with Gasteiger partial charge in [-0.15, -0.1) is 0 Å². The zero-order chi connectivity index (χ0) is 13.3. The first-order chi connectivity index (χ1) is 9.21. The molecule has 2 unspecified atom stereocenters. The highest BCUT2D eigenvalue weighted by molar-refractivity contribution is 7.99. The van der Waals surface area contributed by atoms with Gasteiger partial charge in [0.1, 0.15) is 0 Å². The molecule has 0 aliphatic carbocycles. The highest BCUT2D eigenvalue weighted by Crippen LogP contribution is 2.49. The number of hydrogen-bond donors (Lipinski definition) is 1. The standard InChI is InChI=1S/C15H17NO2S/c17-12-9-15(7-4-8-19-10-15)13(14(18)16-12)11-5-2-1-3-6-11/h1-3,5-6,13H,4,7-10H2,(H,16,17,18). The minimum atomic E-state index is -0.181. The van der Waals surface area contributed by atoms with E-state index in [1.165, 1.54) is 0 Å². The number of carbonyl (C=O) groups excluding carboxylic acids is 2. The number of thioether (sulfide) groups is 1. The molecular formula is C15H17NO2S. The van der Waals surface area contributed by atoms with Crippen molar-refractivity contribution in [1.82, 2.24) is 5.32 Å². The Morgan fingerprint density at radius 3 is 2.68 bits per heavy atom. The molecule has 0 saturated carbocycles. The van der Waals surface area contributed by atoms with Gasteiger partial charge in [0, 0.05) is 17.6 Å². The fraction of sp³-hybridized carbons (Fsp3) is 0.467. The lowest BCUT2D eigenvalue weighted by molar-refractivity contribution is -0.139. The van der Waals surface area contributed by atoms with Gasteiger partial charge < -0.3 is 0 Å². The van der Waals surface area contributed by atoms with Crippen molar-refractivity contribution in [2.24, 2.45) is 5.41 Å². The predicted octanol–water partition coefficient (Wildman–Crippen LogP) is 2.33. The van der Waals surface area contributed by atoms with Crippen molar-refractivity contribution in [3.05, 3.63) is 35.9 Å². The van der Waals surface area contributed by atoms with Gasteiger partial charge in [-0.05, 0) is 24.2 Å².